The van der Waals surface area contributed by atoms with Crippen molar-refractivity contribution in [2.24, 2.45) is 0 Å². The topological polar surface area (TPSA) is 52.3 Å². The predicted molar refractivity (Wildman–Crippen MR) is 72.1 cm³/mol. The van der Waals surface area contributed by atoms with E-state index in [1.54, 1.807) is 13.8 Å². The molecule has 19 heavy (non-hydrogen) atoms. The summed E-state index contributed by atoms with van der Waals surface area (Å²) < 4.78 is 10.5. The van der Waals surface area contributed by atoms with Gasteiger partial charge in [-0.1, -0.05) is 17.7 Å². The quantitative estimate of drug-likeness (QED) is 0.792. The Morgan fingerprint density at radius 1 is 1.32 bits per heavy atom. The zero-order chi connectivity index (χ0) is 14.0. The summed E-state index contributed by atoms with van der Waals surface area (Å²) in [5, 5.41) is 0. The van der Waals surface area contributed by atoms with Gasteiger partial charge in [-0.3, -0.25) is 0 Å². The van der Waals surface area contributed by atoms with Gasteiger partial charge in [-0.05, 0) is 39.3 Å². The van der Waals surface area contributed by atoms with E-state index in [-0.39, 0.29) is 5.69 Å². The summed E-state index contributed by atoms with van der Waals surface area (Å²) in [6, 6.07) is 6.00. The third kappa shape index (κ3) is 2.67. The highest BCUT2D eigenvalue weighted by molar-refractivity contribution is 5.88. The first-order chi connectivity index (χ1) is 9.02. The highest BCUT2D eigenvalue weighted by atomic mass is 16.5. The van der Waals surface area contributed by atoms with Crippen molar-refractivity contribution in [2.75, 3.05) is 6.61 Å². The maximum atomic E-state index is 11.7. The second-order valence-corrected chi connectivity index (χ2v) is 4.46. The molecule has 1 aromatic heterocycles. The van der Waals surface area contributed by atoms with Crippen LogP contribution in [-0.2, 0) is 4.74 Å². The first-order valence-corrected chi connectivity index (χ1v) is 6.25. The largest absolute Gasteiger partial charge is 0.461 e. The maximum absolute atomic E-state index is 11.7. The van der Waals surface area contributed by atoms with Crippen LogP contribution in [0, 0.1) is 20.8 Å². The molecule has 1 aromatic carbocycles. The Bertz CT molecular complexity index is 614. The van der Waals surface area contributed by atoms with Crippen molar-refractivity contribution in [3.8, 4) is 11.5 Å². The van der Waals surface area contributed by atoms with Gasteiger partial charge in [-0.2, -0.15) is 0 Å². The number of nitrogens with zero attached hydrogens (tertiary/aromatic N) is 1. The Morgan fingerprint density at radius 2 is 2.05 bits per heavy atom. The second kappa shape index (κ2) is 5.26. The molecule has 0 fully saturated rings. The Labute approximate surface area is 112 Å². The van der Waals surface area contributed by atoms with Crippen LogP contribution >= 0.6 is 0 Å². The number of oxazole rings is 1. The van der Waals surface area contributed by atoms with Gasteiger partial charge in [-0.25, -0.2) is 9.78 Å². The lowest BCUT2D eigenvalue weighted by atomic mass is 10.1. The summed E-state index contributed by atoms with van der Waals surface area (Å²) in [6.07, 6.45) is 0. The number of carbonyl (C=O) groups excluding carboxylic acids is 1. The highest BCUT2D eigenvalue weighted by Crippen LogP contribution is 2.25. The van der Waals surface area contributed by atoms with Crippen molar-refractivity contribution in [1.29, 1.82) is 0 Å². The summed E-state index contributed by atoms with van der Waals surface area (Å²) in [4.78, 5) is 16.0. The summed E-state index contributed by atoms with van der Waals surface area (Å²) in [6.45, 7) is 7.82. The first-order valence-electron chi connectivity index (χ1n) is 6.25. The van der Waals surface area contributed by atoms with Crippen LogP contribution in [0.15, 0.2) is 22.6 Å². The van der Waals surface area contributed by atoms with E-state index < -0.39 is 5.97 Å². The molecule has 0 bridgehead atoms. The van der Waals surface area contributed by atoms with E-state index in [1.807, 2.05) is 26.0 Å². The van der Waals surface area contributed by atoms with E-state index in [2.05, 4.69) is 11.1 Å². The van der Waals surface area contributed by atoms with Crippen LogP contribution in [0.2, 0.25) is 0 Å². The molecule has 2 rings (SSSR count). The second-order valence-electron chi connectivity index (χ2n) is 4.46. The molecule has 0 spiro atoms. The van der Waals surface area contributed by atoms with E-state index in [0.29, 0.717) is 18.3 Å². The van der Waals surface area contributed by atoms with Gasteiger partial charge >= 0.3 is 5.97 Å². The van der Waals surface area contributed by atoms with Gasteiger partial charge < -0.3 is 9.15 Å². The van der Waals surface area contributed by atoms with Crippen molar-refractivity contribution >= 4 is 5.97 Å². The summed E-state index contributed by atoms with van der Waals surface area (Å²) in [5.74, 6) is 0.492. The fraction of sp³-hybridized carbons (Fsp3) is 0.333. The highest BCUT2D eigenvalue weighted by Gasteiger charge is 2.19. The number of rotatable bonds is 3. The SMILES string of the molecule is CCOC(=O)c1nc(-c2ccc(C)cc2C)oc1C. The zero-order valence-corrected chi connectivity index (χ0v) is 11.6. The smallest absolute Gasteiger partial charge is 0.360 e. The van der Waals surface area contributed by atoms with E-state index >= 15 is 0 Å². The molecule has 0 saturated carbocycles. The maximum Gasteiger partial charge on any atom is 0.360 e. The van der Waals surface area contributed by atoms with Crippen molar-refractivity contribution < 1.29 is 13.9 Å². The molecule has 0 N–H and O–H groups in total. The molecule has 0 atom stereocenters. The first kappa shape index (κ1) is 13.3. The number of ether oxygens (including phenoxy) is 1. The summed E-state index contributed by atoms with van der Waals surface area (Å²) in [5.41, 5.74) is 3.38. The molecule has 0 unspecified atom stereocenters. The van der Waals surface area contributed by atoms with E-state index in [4.69, 9.17) is 9.15 Å². The van der Waals surface area contributed by atoms with Crippen molar-refractivity contribution in [3.63, 3.8) is 0 Å². The molecular formula is C15H17NO3. The lowest BCUT2D eigenvalue weighted by Gasteiger charge is -2.02. The Balaban J connectivity index is 2.42. The van der Waals surface area contributed by atoms with Crippen LogP contribution in [0.5, 0.6) is 0 Å². The average Bonchev–Trinajstić information content (AvgIpc) is 2.71. The monoisotopic (exact) mass is 259 g/mol. The van der Waals surface area contributed by atoms with Gasteiger partial charge in [0.15, 0.2) is 5.69 Å². The number of benzene rings is 1. The normalized spacial score (nSPS) is 10.5. The fourth-order valence-electron chi connectivity index (χ4n) is 1.95. The van der Waals surface area contributed by atoms with Gasteiger partial charge in [0.2, 0.25) is 5.89 Å². The Kier molecular flexibility index (Phi) is 3.69. The van der Waals surface area contributed by atoms with Crippen LogP contribution in [0.1, 0.15) is 34.3 Å². The van der Waals surface area contributed by atoms with Crippen molar-refractivity contribution in [2.45, 2.75) is 27.7 Å². The van der Waals surface area contributed by atoms with E-state index in [9.17, 15) is 4.79 Å². The number of carbonyl (C=O) groups is 1. The van der Waals surface area contributed by atoms with Crippen LogP contribution in [0.25, 0.3) is 11.5 Å². The lowest BCUT2D eigenvalue weighted by molar-refractivity contribution is 0.0518. The molecule has 2 aromatic rings. The minimum atomic E-state index is -0.445. The summed E-state index contributed by atoms with van der Waals surface area (Å²) in [7, 11) is 0. The minimum Gasteiger partial charge on any atom is -0.461 e. The minimum absolute atomic E-state index is 0.247. The van der Waals surface area contributed by atoms with Crippen LogP contribution in [-0.4, -0.2) is 17.6 Å². The van der Waals surface area contributed by atoms with Gasteiger partial charge in [0.1, 0.15) is 5.76 Å². The number of esters is 1. The molecule has 0 aliphatic heterocycles. The lowest BCUT2D eigenvalue weighted by Crippen LogP contribution is -2.06. The van der Waals surface area contributed by atoms with Crippen LogP contribution < -0.4 is 0 Å². The van der Waals surface area contributed by atoms with E-state index in [0.717, 1.165) is 11.1 Å². The van der Waals surface area contributed by atoms with Gasteiger partial charge in [0, 0.05) is 5.56 Å². The molecule has 4 heteroatoms. The van der Waals surface area contributed by atoms with Gasteiger partial charge in [0.05, 0.1) is 6.61 Å². The van der Waals surface area contributed by atoms with E-state index in [1.165, 1.54) is 5.56 Å². The molecule has 100 valence electrons. The number of aromatic nitrogens is 1. The Morgan fingerprint density at radius 3 is 2.68 bits per heavy atom. The van der Waals surface area contributed by atoms with Crippen molar-refractivity contribution in [1.82, 2.24) is 4.98 Å². The zero-order valence-electron chi connectivity index (χ0n) is 11.6. The molecular weight excluding hydrogens is 242 g/mol. The molecule has 0 radical (unpaired) electrons. The third-order valence-electron chi connectivity index (χ3n) is 2.88. The molecule has 0 saturated heterocycles. The Hall–Kier alpha value is -2.10. The predicted octanol–water partition coefficient (Wildman–Crippen LogP) is 3.44. The molecule has 0 amide bonds. The number of aryl methyl sites for hydroxylation is 3. The molecule has 0 aliphatic carbocycles. The number of hydrogen-bond acceptors (Lipinski definition) is 4. The van der Waals surface area contributed by atoms with Crippen LogP contribution in [0.3, 0.4) is 0 Å². The van der Waals surface area contributed by atoms with Gasteiger partial charge in [-0.15, -0.1) is 0 Å². The fourth-order valence-corrected chi connectivity index (χ4v) is 1.95. The van der Waals surface area contributed by atoms with Crippen LogP contribution in [0.4, 0.5) is 0 Å². The molecule has 0 aliphatic rings. The molecule has 1 heterocycles. The third-order valence-corrected chi connectivity index (χ3v) is 2.88. The molecule has 4 nitrogen and oxygen atoms in total. The average molecular weight is 259 g/mol. The van der Waals surface area contributed by atoms with Gasteiger partial charge in [0.25, 0.3) is 0 Å². The standard InChI is InChI=1S/C15H17NO3/c1-5-18-15(17)13-11(4)19-14(16-13)12-7-6-9(2)8-10(12)3/h6-8H,5H2,1-4H3. The van der Waals surface area contributed by atoms with Crippen molar-refractivity contribution in [3.05, 3.63) is 40.8 Å². The summed E-state index contributed by atoms with van der Waals surface area (Å²) >= 11 is 0. The number of hydrogen-bond donors (Lipinski definition) is 0.